The van der Waals surface area contributed by atoms with Crippen LogP contribution in [0.4, 0.5) is 0 Å². The molecular weight excluding hydrogens is 226 g/mol. The van der Waals surface area contributed by atoms with Gasteiger partial charge in [0.25, 0.3) is 0 Å². The van der Waals surface area contributed by atoms with E-state index in [1.807, 2.05) is 26.0 Å². The Morgan fingerprint density at radius 3 is 2.61 bits per heavy atom. The normalized spacial score (nSPS) is 10.2. The number of carbonyl (C=O) groups excluding carboxylic acids is 1. The molecule has 0 amide bonds. The van der Waals surface area contributed by atoms with Gasteiger partial charge in [0.15, 0.2) is 6.29 Å². The molecule has 0 aliphatic carbocycles. The van der Waals surface area contributed by atoms with Gasteiger partial charge < -0.3 is 4.74 Å². The van der Waals surface area contributed by atoms with Crippen molar-refractivity contribution >= 4 is 6.29 Å². The number of hydrogen-bond acceptors (Lipinski definition) is 3. The highest BCUT2D eigenvalue weighted by Crippen LogP contribution is 2.34. The fourth-order valence-electron chi connectivity index (χ4n) is 2.12. The predicted molar refractivity (Wildman–Crippen MR) is 71.1 cm³/mol. The number of pyridine rings is 1. The summed E-state index contributed by atoms with van der Waals surface area (Å²) >= 11 is 0. The second-order valence-electron chi connectivity index (χ2n) is 4.28. The SMILES string of the molecule is COc1cc(C)cc(C)c1-c1cncc(C=O)c1. The molecule has 0 fully saturated rings. The van der Waals surface area contributed by atoms with Gasteiger partial charge in [0.2, 0.25) is 0 Å². The van der Waals surface area contributed by atoms with E-state index in [9.17, 15) is 4.79 Å². The van der Waals surface area contributed by atoms with E-state index in [-0.39, 0.29) is 0 Å². The van der Waals surface area contributed by atoms with Crippen molar-refractivity contribution in [2.45, 2.75) is 13.8 Å². The molecule has 0 bridgehead atoms. The van der Waals surface area contributed by atoms with Crippen LogP contribution in [0, 0.1) is 13.8 Å². The molecule has 2 aromatic rings. The summed E-state index contributed by atoms with van der Waals surface area (Å²) in [6.07, 6.45) is 4.09. The molecule has 0 aliphatic heterocycles. The average molecular weight is 241 g/mol. The van der Waals surface area contributed by atoms with E-state index in [2.05, 4.69) is 11.1 Å². The van der Waals surface area contributed by atoms with E-state index >= 15 is 0 Å². The quantitative estimate of drug-likeness (QED) is 0.775. The third-order valence-electron chi connectivity index (χ3n) is 2.85. The van der Waals surface area contributed by atoms with E-state index in [4.69, 9.17) is 4.74 Å². The molecular formula is C15H15NO2. The summed E-state index contributed by atoms with van der Waals surface area (Å²) in [5.74, 6) is 0.803. The van der Waals surface area contributed by atoms with Gasteiger partial charge in [-0.2, -0.15) is 0 Å². The molecule has 0 spiro atoms. The number of carbonyl (C=O) groups is 1. The third kappa shape index (κ3) is 2.25. The lowest BCUT2D eigenvalue weighted by Crippen LogP contribution is -1.94. The minimum atomic E-state index is 0.564. The summed E-state index contributed by atoms with van der Waals surface area (Å²) in [6, 6.07) is 5.89. The van der Waals surface area contributed by atoms with Crippen molar-refractivity contribution in [3.63, 3.8) is 0 Å². The van der Waals surface area contributed by atoms with Crippen molar-refractivity contribution in [2.24, 2.45) is 0 Å². The number of aldehydes is 1. The average Bonchev–Trinajstić information content (AvgIpc) is 2.37. The van der Waals surface area contributed by atoms with Gasteiger partial charge in [0.1, 0.15) is 5.75 Å². The summed E-state index contributed by atoms with van der Waals surface area (Å²) in [7, 11) is 1.65. The number of hydrogen-bond donors (Lipinski definition) is 0. The number of rotatable bonds is 3. The van der Waals surface area contributed by atoms with Gasteiger partial charge in [-0.25, -0.2) is 0 Å². The van der Waals surface area contributed by atoms with Gasteiger partial charge in [-0.15, -0.1) is 0 Å². The summed E-state index contributed by atoms with van der Waals surface area (Å²) in [5.41, 5.74) is 4.70. The van der Waals surface area contributed by atoms with Crippen LogP contribution in [0.2, 0.25) is 0 Å². The van der Waals surface area contributed by atoms with Crippen LogP contribution in [0.5, 0.6) is 5.75 Å². The zero-order chi connectivity index (χ0) is 13.1. The van der Waals surface area contributed by atoms with Gasteiger partial charge in [-0.1, -0.05) is 6.07 Å². The molecule has 1 heterocycles. The van der Waals surface area contributed by atoms with Crippen molar-refractivity contribution in [3.8, 4) is 16.9 Å². The Hall–Kier alpha value is -2.16. The Morgan fingerprint density at radius 2 is 1.94 bits per heavy atom. The first-order chi connectivity index (χ1) is 8.65. The van der Waals surface area contributed by atoms with Crippen LogP contribution in [-0.2, 0) is 0 Å². The summed E-state index contributed by atoms with van der Waals surface area (Å²) in [5, 5.41) is 0. The van der Waals surface area contributed by atoms with Gasteiger partial charge >= 0.3 is 0 Å². The largest absolute Gasteiger partial charge is 0.496 e. The summed E-state index contributed by atoms with van der Waals surface area (Å²) in [6.45, 7) is 4.05. The second kappa shape index (κ2) is 5.00. The molecule has 0 saturated carbocycles. The number of methoxy groups -OCH3 is 1. The highest BCUT2D eigenvalue weighted by molar-refractivity contribution is 5.80. The molecule has 0 N–H and O–H groups in total. The van der Waals surface area contributed by atoms with Crippen molar-refractivity contribution in [1.82, 2.24) is 4.98 Å². The maximum Gasteiger partial charge on any atom is 0.151 e. The van der Waals surface area contributed by atoms with Crippen LogP contribution >= 0.6 is 0 Å². The van der Waals surface area contributed by atoms with E-state index in [0.717, 1.165) is 34.3 Å². The third-order valence-corrected chi connectivity index (χ3v) is 2.85. The topological polar surface area (TPSA) is 39.2 Å². The summed E-state index contributed by atoms with van der Waals surface area (Å²) < 4.78 is 5.42. The smallest absolute Gasteiger partial charge is 0.151 e. The van der Waals surface area contributed by atoms with Crippen molar-refractivity contribution in [3.05, 3.63) is 47.3 Å². The minimum absolute atomic E-state index is 0.564. The Bertz CT molecular complexity index is 591. The molecule has 3 heteroatoms. The first-order valence-corrected chi connectivity index (χ1v) is 5.71. The van der Waals surface area contributed by atoms with Crippen molar-refractivity contribution < 1.29 is 9.53 Å². The van der Waals surface area contributed by atoms with Crippen LogP contribution < -0.4 is 4.74 Å². The second-order valence-corrected chi connectivity index (χ2v) is 4.28. The predicted octanol–water partition coefficient (Wildman–Crippen LogP) is 3.19. The lowest BCUT2D eigenvalue weighted by molar-refractivity contribution is 0.112. The van der Waals surface area contributed by atoms with Gasteiger partial charge in [0, 0.05) is 29.1 Å². The van der Waals surface area contributed by atoms with E-state index < -0.39 is 0 Å². The molecule has 3 nitrogen and oxygen atoms in total. The minimum Gasteiger partial charge on any atom is -0.496 e. The van der Waals surface area contributed by atoms with Crippen molar-refractivity contribution in [1.29, 1.82) is 0 Å². The Kier molecular flexibility index (Phi) is 3.42. The van der Waals surface area contributed by atoms with E-state index in [1.165, 1.54) is 0 Å². The van der Waals surface area contributed by atoms with Crippen LogP contribution in [0.15, 0.2) is 30.6 Å². The fraction of sp³-hybridized carbons (Fsp3) is 0.200. The highest BCUT2D eigenvalue weighted by atomic mass is 16.5. The number of aryl methyl sites for hydroxylation is 2. The lowest BCUT2D eigenvalue weighted by Gasteiger charge is -2.13. The highest BCUT2D eigenvalue weighted by Gasteiger charge is 2.11. The molecule has 0 unspecified atom stereocenters. The number of benzene rings is 1. The van der Waals surface area contributed by atoms with Crippen LogP contribution in [0.3, 0.4) is 0 Å². The zero-order valence-electron chi connectivity index (χ0n) is 10.7. The van der Waals surface area contributed by atoms with Crippen LogP contribution in [-0.4, -0.2) is 18.4 Å². The van der Waals surface area contributed by atoms with E-state index in [1.54, 1.807) is 19.5 Å². The fourth-order valence-corrected chi connectivity index (χ4v) is 2.12. The standard InChI is InChI=1S/C15H15NO2/c1-10-4-11(2)15(14(5-10)18-3)13-6-12(9-17)7-16-8-13/h4-9H,1-3H3. The monoisotopic (exact) mass is 241 g/mol. The van der Waals surface area contributed by atoms with Crippen LogP contribution in [0.25, 0.3) is 11.1 Å². The van der Waals surface area contributed by atoms with Gasteiger partial charge in [-0.05, 0) is 37.1 Å². The Balaban J connectivity index is 2.65. The number of aromatic nitrogens is 1. The first kappa shape index (κ1) is 12.3. The number of nitrogens with zero attached hydrogens (tertiary/aromatic N) is 1. The Morgan fingerprint density at radius 1 is 1.17 bits per heavy atom. The Labute approximate surface area is 106 Å². The molecule has 1 aromatic carbocycles. The summed E-state index contributed by atoms with van der Waals surface area (Å²) in [4.78, 5) is 14.9. The van der Waals surface area contributed by atoms with Crippen LogP contribution in [0.1, 0.15) is 21.5 Å². The van der Waals surface area contributed by atoms with Crippen molar-refractivity contribution in [2.75, 3.05) is 7.11 Å². The first-order valence-electron chi connectivity index (χ1n) is 5.71. The molecule has 1 aromatic heterocycles. The molecule has 18 heavy (non-hydrogen) atoms. The van der Waals surface area contributed by atoms with Gasteiger partial charge in [0.05, 0.1) is 7.11 Å². The maximum absolute atomic E-state index is 10.8. The van der Waals surface area contributed by atoms with Gasteiger partial charge in [-0.3, -0.25) is 9.78 Å². The molecule has 0 atom stereocenters. The maximum atomic E-state index is 10.8. The molecule has 0 saturated heterocycles. The molecule has 92 valence electrons. The number of ether oxygens (including phenoxy) is 1. The molecule has 2 rings (SSSR count). The van der Waals surface area contributed by atoms with E-state index in [0.29, 0.717) is 5.56 Å². The zero-order valence-corrected chi connectivity index (χ0v) is 10.7. The molecule has 0 radical (unpaired) electrons. The lowest BCUT2D eigenvalue weighted by atomic mass is 9.98. The molecule has 0 aliphatic rings.